The van der Waals surface area contributed by atoms with Crippen molar-refractivity contribution >= 4 is 149 Å². The fourth-order valence-corrected chi connectivity index (χ4v) is 13.1. The molecule has 0 aliphatic carbocycles. The van der Waals surface area contributed by atoms with E-state index in [0.29, 0.717) is 0 Å². The van der Waals surface area contributed by atoms with Gasteiger partial charge in [0.15, 0.2) is 0 Å². The maximum Gasteiger partial charge on any atom is 0.0609 e. The van der Waals surface area contributed by atoms with E-state index in [-0.39, 0.29) is 0 Å². The van der Waals surface area contributed by atoms with Crippen molar-refractivity contribution in [2.24, 2.45) is 0 Å². The summed E-state index contributed by atoms with van der Waals surface area (Å²) < 4.78 is 9.90. The van der Waals surface area contributed by atoms with Gasteiger partial charge < -0.3 is 0 Å². The van der Waals surface area contributed by atoms with Crippen LogP contribution in [0.1, 0.15) is 0 Å². The van der Waals surface area contributed by atoms with Crippen molar-refractivity contribution in [2.45, 2.75) is 0 Å². The predicted molar refractivity (Wildman–Crippen MR) is 170 cm³/mol. The van der Waals surface area contributed by atoms with Crippen LogP contribution >= 0.6 is 109 Å². The predicted octanol–water partition coefficient (Wildman–Crippen LogP) is 12.9. The summed E-state index contributed by atoms with van der Waals surface area (Å²) in [6, 6.07) is 21.8. The zero-order valence-corrected chi connectivity index (χ0v) is 26.5. The average molecular weight is 770 g/mol. The number of halogens is 4. The SMILES string of the molecule is Brc1c(-c2sc3cc4c(Br)c(-c5sc6ccccc6c5Br)sc4cc3c2Br)sc2ccccc12. The molecular weight excluding hydrogens is 760 g/mol. The third-order valence-electron chi connectivity index (χ3n) is 5.86. The summed E-state index contributed by atoms with van der Waals surface area (Å²) in [4.78, 5) is 5.13. The van der Waals surface area contributed by atoms with Crippen molar-refractivity contribution < 1.29 is 0 Å². The molecule has 0 N–H and O–H groups in total. The second-order valence-corrected chi connectivity index (χ2v) is 15.2. The lowest BCUT2D eigenvalue weighted by molar-refractivity contribution is 1.82. The van der Waals surface area contributed by atoms with Gasteiger partial charge in [-0.1, -0.05) is 36.4 Å². The van der Waals surface area contributed by atoms with Gasteiger partial charge in [-0.3, -0.25) is 0 Å². The molecule has 3 aromatic carbocycles. The van der Waals surface area contributed by atoms with Gasteiger partial charge in [-0.05, 0) is 88.0 Å². The standard InChI is InChI=1S/C26H10Br4S4/c27-19-11-5-1-3-7-15(11)31-23(19)25-21(29)13-9-18-14(10-17(13)33-25)22(30)26(34-18)24-20(28)12-6-2-4-8-16(12)32-24/h1-10H. The summed E-state index contributed by atoms with van der Waals surface area (Å²) in [6.07, 6.45) is 0. The molecule has 7 rings (SSSR count). The average Bonchev–Trinajstić information content (AvgIpc) is 3.56. The highest BCUT2D eigenvalue weighted by Crippen LogP contribution is 2.54. The lowest BCUT2D eigenvalue weighted by atomic mass is 10.2. The molecule has 4 heterocycles. The van der Waals surface area contributed by atoms with E-state index in [1.54, 1.807) is 0 Å². The van der Waals surface area contributed by atoms with Gasteiger partial charge in [0.05, 0.1) is 19.5 Å². The molecule has 4 aromatic heterocycles. The molecule has 0 saturated heterocycles. The number of hydrogen-bond donors (Lipinski definition) is 0. The molecule has 7 aromatic rings. The van der Waals surface area contributed by atoms with Gasteiger partial charge in [0.1, 0.15) is 0 Å². The monoisotopic (exact) mass is 766 g/mol. The van der Waals surface area contributed by atoms with Crippen LogP contribution in [0.2, 0.25) is 0 Å². The zero-order valence-electron chi connectivity index (χ0n) is 16.9. The highest BCUT2D eigenvalue weighted by atomic mass is 79.9. The number of thiophene rings is 4. The molecule has 34 heavy (non-hydrogen) atoms. The molecule has 8 heteroatoms. The summed E-state index contributed by atoms with van der Waals surface area (Å²) in [5, 5.41) is 5.09. The molecule has 0 bridgehead atoms. The summed E-state index contributed by atoms with van der Waals surface area (Å²) >= 11 is 23.0. The van der Waals surface area contributed by atoms with Crippen LogP contribution in [0.4, 0.5) is 0 Å². The topological polar surface area (TPSA) is 0 Å². The highest BCUT2D eigenvalue weighted by Gasteiger charge is 2.22. The van der Waals surface area contributed by atoms with E-state index in [9.17, 15) is 0 Å². The van der Waals surface area contributed by atoms with Crippen LogP contribution in [-0.4, -0.2) is 0 Å². The number of rotatable bonds is 2. The zero-order chi connectivity index (χ0) is 23.1. The molecule has 0 aliphatic rings. The molecule has 0 fully saturated rings. The van der Waals surface area contributed by atoms with Crippen molar-refractivity contribution in [3.05, 3.63) is 78.6 Å². The van der Waals surface area contributed by atoms with Crippen molar-refractivity contribution in [1.29, 1.82) is 0 Å². The third kappa shape index (κ3) is 3.33. The minimum atomic E-state index is 1.18. The van der Waals surface area contributed by atoms with Gasteiger partial charge in [0.25, 0.3) is 0 Å². The van der Waals surface area contributed by atoms with E-state index in [0.717, 1.165) is 0 Å². The highest BCUT2D eigenvalue weighted by molar-refractivity contribution is 9.11. The van der Waals surface area contributed by atoms with Gasteiger partial charge in [-0.25, -0.2) is 0 Å². The first kappa shape index (κ1) is 22.6. The molecule has 0 atom stereocenters. The molecule has 0 radical (unpaired) electrons. The Morgan fingerprint density at radius 1 is 0.382 bits per heavy atom. The number of hydrogen-bond acceptors (Lipinski definition) is 4. The summed E-state index contributed by atoms with van der Waals surface area (Å²) in [5.41, 5.74) is 0. The first-order chi connectivity index (χ1) is 16.5. The fraction of sp³-hybridized carbons (Fsp3) is 0. The molecule has 0 nitrogen and oxygen atoms in total. The summed E-state index contributed by atoms with van der Waals surface area (Å²) in [5.74, 6) is 0. The second kappa shape index (κ2) is 8.48. The Morgan fingerprint density at radius 2 is 0.706 bits per heavy atom. The van der Waals surface area contributed by atoms with Crippen LogP contribution in [-0.2, 0) is 0 Å². The Morgan fingerprint density at radius 3 is 1.09 bits per heavy atom. The molecule has 0 spiro atoms. The largest absolute Gasteiger partial charge is 0.133 e. The summed E-state index contributed by atoms with van der Waals surface area (Å²) in [7, 11) is 0. The Kier molecular flexibility index (Phi) is 5.64. The van der Waals surface area contributed by atoms with E-state index in [1.807, 2.05) is 45.3 Å². The Balaban J connectivity index is 1.43. The van der Waals surface area contributed by atoms with Crippen LogP contribution in [0, 0.1) is 0 Å². The van der Waals surface area contributed by atoms with Crippen LogP contribution in [0.3, 0.4) is 0 Å². The van der Waals surface area contributed by atoms with Crippen LogP contribution in [0.25, 0.3) is 59.9 Å². The fourth-order valence-electron chi connectivity index (χ4n) is 4.24. The van der Waals surface area contributed by atoms with E-state index in [1.165, 1.54) is 77.7 Å². The second-order valence-electron chi connectivity index (χ2n) is 7.82. The van der Waals surface area contributed by atoms with Crippen molar-refractivity contribution in [3.63, 3.8) is 0 Å². The first-order valence-corrected chi connectivity index (χ1v) is 16.6. The quantitative estimate of drug-likeness (QED) is 0.164. The van der Waals surface area contributed by atoms with Crippen LogP contribution in [0.5, 0.6) is 0 Å². The Hall–Kier alpha value is -0.580. The van der Waals surface area contributed by atoms with Crippen molar-refractivity contribution in [2.75, 3.05) is 0 Å². The minimum absolute atomic E-state index is 1.18. The maximum atomic E-state index is 3.95. The van der Waals surface area contributed by atoms with E-state index < -0.39 is 0 Å². The van der Waals surface area contributed by atoms with Crippen LogP contribution < -0.4 is 0 Å². The Labute approximate surface area is 244 Å². The number of fused-ring (bicyclic) bond motifs is 4. The van der Waals surface area contributed by atoms with Crippen molar-refractivity contribution in [1.82, 2.24) is 0 Å². The number of benzene rings is 3. The lowest BCUT2D eigenvalue weighted by Crippen LogP contribution is -1.70. The van der Waals surface area contributed by atoms with E-state index in [4.69, 9.17) is 0 Å². The van der Waals surface area contributed by atoms with E-state index in [2.05, 4.69) is 124 Å². The van der Waals surface area contributed by atoms with Crippen molar-refractivity contribution in [3.8, 4) is 19.5 Å². The minimum Gasteiger partial charge on any atom is -0.133 e. The molecule has 0 unspecified atom stereocenters. The molecule has 0 saturated carbocycles. The van der Waals surface area contributed by atoms with Gasteiger partial charge in [-0.2, -0.15) is 0 Å². The van der Waals surface area contributed by atoms with E-state index >= 15 is 0 Å². The molecule has 0 amide bonds. The van der Waals surface area contributed by atoms with Gasteiger partial charge >= 0.3 is 0 Å². The molecule has 166 valence electrons. The van der Waals surface area contributed by atoms with Gasteiger partial charge in [0, 0.05) is 58.2 Å². The third-order valence-corrected chi connectivity index (χ3v) is 15.2. The lowest BCUT2D eigenvalue weighted by Gasteiger charge is -1.96. The normalized spacial score (nSPS) is 12.1. The Bertz CT molecular complexity index is 1780. The molecular formula is C26H10Br4S4. The van der Waals surface area contributed by atoms with Gasteiger partial charge in [0.2, 0.25) is 0 Å². The smallest absolute Gasteiger partial charge is 0.0609 e. The summed E-state index contributed by atoms with van der Waals surface area (Å²) in [6.45, 7) is 0. The van der Waals surface area contributed by atoms with Crippen LogP contribution in [0.15, 0.2) is 78.6 Å². The maximum absolute atomic E-state index is 3.95. The first-order valence-electron chi connectivity index (χ1n) is 10.2. The van der Waals surface area contributed by atoms with Gasteiger partial charge in [-0.15, -0.1) is 45.3 Å². The molecule has 0 aliphatic heterocycles.